The Morgan fingerprint density at radius 3 is 2.17 bits per heavy atom. The largest absolute Gasteiger partial charge is 0.497 e. The van der Waals surface area contributed by atoms with E-state index in [9.17, 15) is 8.42 Å². The van der Waals surface area contributed by atoms with E-state index in [4.69, 9.17) is 4.74 Å². The molecule has 1 aromatic heterocycles. The Kier molecular flexibility index (Phi) is 4.79. The lowest BCUT2D eigenvalue weighted by molar-refractivity contribution is 0.414. The Morgan fingerprint density at radius 1 is 1.04 bits per heavy atom. The summed E-state index contributed by atoms with van der Waals surface area (Å²) in [6.07, 6.45) is 1.48. The third kappa shape index (κ3) is 4.85. The fourth-order valence-corrected chi connectivity index (χ4v) is 2.92. The maximum Gasteiger partial charge on any atom is 0.261 e. The summed E-state index contributed by atoms with van der Waals surface area (Å²) in [5.74, 6) is 1.29. The van der Waals surface area contributed by atoms with E-state index in [2.05, 4.69) is 15.0 Å². The van der Waals surface area contributed by atoms with Crippen LogP contribution in [0.15, 0.2) is 47.5 Å². The molecule has 0 fully saturated rings. The highest BCUT2D eigenvalue weighted by Crippen LogP contribution is 2.20. The summed E-state index contributed by atoms with van der Waals surface area (Å²) in [6, 6.07) is 9.58. The molecular formula is C16H21N3O3S. The Bertz CT molecular complexity index is 749. The van der Waals surface area contributed by atoms with Crippen LogP contribution in [0.25, 0.3) is 0 Å². The number of anilines is 2. The minimum Gasteiger partial charge on any atom is -0.497 e. The van der Waals surface area contributed by atoms with Gasteiger partial charge in [0.25, 0.3) is 10.0 Å². The fraction of sp³-hybridized carbons (Fsp3) is 0.312. The molecule has 0 saturated heterocycles. The molecule has 0 amide bonds. The molecule has 6 nitrogen and oxygen atoms in total. The first-order valence-corrected chi connectivity index (χ1v) is 8.59. The average Bonchev–Trinajstić information content (AvgIpc) is 2.48. The number of rotatable bonds is 5. The van der Waals surface area contributed by atoms with Gasteiger partial charge in [-0.2, -0.15) is 0 Å². The van der Waals surface area contributed by atoms with Crippen LogP contribution in [0.4, 0.5) is 11.5 Å². The number of sulfonamides is 1. The zero-order valence-electron chi connectivity index (χ0n) is 13.6. The maximum atomic E-state index is 12.3. The van der Waals surface area contributed by atoms with E-state index in [-0.39, 0.29) is 10.4 Å². The van der Waals surface area contributed by atoms with Crippen LogP contribution in [0.3, 0.4) is 0 Å². The van der Waals surface area contributed by atoms with Gasteiger partial charge in [-0.1, -0.05) is 0 Å². The third-order valence-electron chi connectivity index (χ3n) is 2.89. The van der Waals surface area contributed by atoms with Gasteiger partial charge in [0.15, 0.2) is 0 Å². The van der Waals surface area contributed by atoms with Gasteiger partial charge >= 0.3 is 0 Å². The van der Waals surface area contributed by atoms with Crippen LogP contribution in [0, 0.1) is 0 Å². The summed E-state index contributed by atoms with van der Waals surface area (Å²) in [5.41, 5.74) is 0.289. The molecule has 0 spiro atoms. The molecule has 0 bridgehead atoms. The van der Waals surface area contributed by atoms with Crippen LogP contribution in [-0.4, -0.2) is 26.1 Å². The van der Waals surface area contributed by atoms with Gasteiger partial charge in [0.2, 0.25) is 0 Å². The number of nitrogens with one attached hydrogen (secondary N) is 2. The Hall–Kier alpha value is -2.28. The van der Waals surface area contributed by atoms with Gasteiger partial charge in [0, 0.05) is 5.54 Å². The molecule has 0 aliphatic heterocycles. The van der Waals surface area contributed by atoms with Gasteiger partial charge in [-0.25, -0.2) is 13.4 Å². The molecule has 0 aliphatic rings. The number of ether oxygens (including phenoxy) is 1. The van der Waals surface area contributed by atoms with E-state index in [0.717, 1.165) is 0 Å². The predicted octanol–water partition coefficient (Wildman–Crippen LogP) is 3.10. The first-order chi connectivity index (χ1) is 10.7. The summed E-state index contributed by atoms with van der Waals surface area (Å²) in [6.45, 7) is 6.07. The van der Waals surface area contributed by atoms with Crippen molar-refractivity contribution in [1.29, 1.82) is 0 Å². The smallest absolute Gasteiger partial charge is 0.261 e. The molecule has 2 aromatic rings. The van der Waals surface area contributed by atoms with Crippen molar-refractivity contribution in [2.24, 2.45) is 0 Å². The number of hydrogen-bond donors (Lipinski definition) is 2. The lowest BCUT2D eigenvalue weighted by atomic mass is 10.1. The molecular weight excluding hydrogens is 314 g/mol. The van der Waals surface area contributed by atoms with Crippen molar-refractivity contribution >= 4 is 21.5 Å². The zero-order valence-corrected chi connectivity index (χ0v) is 14.4. The van der Waals surface area contributed by atoms with E-state index in [1.807, 2.05) is 20.8 Å². The van der Waals surface area contributed by atoms with E-state index in [1.165, 1.54) is 25.4 Å². The second kappa shape index (κ2) is 6.45. The van der Waals surface area contributed by atoms with Crippen molar-refractivity contribution in [3.63, 3.8) is 0 Å². The highest BCUT2D eigenvalue weighted by atomic mass is 32.2. The van der Waals surface area contributed by atoms with Crippen LogP contribution < -0.4 is 14.8 Å². The molecule has 23 heavy (non-hydrogen) atoms. The minimum absolute atomic E-state index is 0.114. The van der Waals surface area contributed by atoms with Crippen LogP contribution in [0.2, 0.25) is 0 Å². The molecule has 0 radical (unpaired) electrons. The molecule has 0 aliphatic carbocycles. The van der Waals surface area contributed by atoms with Gasteiger partial charge in [0.1, 0.15) is 11.6 Å². The second-order valence-electron chi connectivity index (χ2n) is 6.09. The van der Waals surface area contributed by atoms with E-state index >= 15 is 0 Å². The van der Waals surface area contributed by atoms with Gasteiger partial charge in [-0.05, 0) is 57.2 Å². The molecule has 124 valence electrons. The van der Waals surface area contributed by atoms with E-state index in [0.29, 0.717) is 17.3 Å². The monoisotopic (exact) mass is 335 g/mol. The SMILES string of the molecule is COc1ccc(S(=O)(=O)Nc2ccc(NC(C)(C)C)nc2)cc1. The van der Waals surface area contributed by atoms with Crippen LogP contribution in [0.5, 0.6) is 5.75 Å². The summed E-state index contributed by atoms with van der Waals surface area (Å²) in [5, 5.41) is 3.21. The number of pyridine rings is 1. The molecule has 7 heteroatoms. The molecule has 0 saturated carbocycles. The van der Waals surface area contributed by atoms with Gasteiger partial charge < -0.3 is 10.1 Å². The average molecular weight is 335 g/mol. The summed E-state index contributed by atoms with van der Waals surface area (Å²) in [4.78, 5) is 4.37. The quantitative estimate of drug-likeness (QED) is 0.877. The topological polar surface area (TPSA) is 80.3 Å². The highest BCUT2D eigenvalue weighted by Gasteiger charge is 2.15. The van der Waals surface area contributed by atoms with Crippen molar-refractivity contribution in [1.82, 2.24) is 4.98 Å². The number of nitrogens with zero attached hydrogens (tertiary/aromatic N) is 1. The lowest BCUT2D eigenvalue weighted by Crippen LogP contribution is -2.26. The molecule has 1 aromatic carbocycles. The standard InChI is InChI=1S/C16H21N3O3S/c1-16(2,3)18-15-10-5-12(11-17-15)19-23(20,21)14-8-6-13(22-4)7-9-14/h5-11,19H,1-4H3,(H,17,18). The molecule has 0 unspecified atom stereocenters. The Labute approximate surface area is 137 Å². The van der Waals surface area contributed by atoms with E-state index < -0.39 is 10.0 Å². The second-order valence-corrected chi connectivity index (χ2v) is 7.77. The Balaban J connectivity index is 2.13. The van der Waals surface area contributed by atoms with Gasteiger partial charge in [0.05, 0.1) is 23.9 Å². The predicted molar refractivity (Wildman–Crippen MR) is 91.4 cm³/mol. The van der Waals surface area contributed by atoms with Crippen molar-refractivity contribution in [2.75, 3.05) is 17.1 Å². The normalized spacial score (nSPS) is 11.8. The summed E-state index contributed by atoms with van der Waals surface area (Å²) < 4.78 is 32.2. The molecule has 1 heterocycles. The maximum absolute atomic E-state index is 12.3. The van der Waals surface area contributed by atoms with Gasteiger partial charge in [-0.3, -0.25) is 4.72 Å². The lowest BCUT2D eigenvalue weighted by Gasteiger charge is -2.21. The summed E-state index contributed by atoms with van der Waals surface area (Å²) >= 11 is 0. The first kappa shape index (κ1) is 17.1. The van der Waals surface area contributed by atoms with E-state index in [1.54, 1.807) is 24.3 Å². The number of benzene rings is 1. The number of methoxy groups -OCH3 is 1. The van der Waals surface area contributed by atoms with Crippen molar-refractivity contribution in [3.05, 3.63) is 42.6 Å². The van der Waals surface area contributed by atoms with Crippen molar-refractivity contribution in [2.45, 2.75) is 31.2 Å². The fourth-order valence-electron chi connectivity index (χ4n) is 1.88. The van der Waals surface area contributed by atoms with Crippen molar-refractivity contribution in [3.8, 4) is 5.75 Å². The van der Waals surface area contributed by atoms with Gasteiger partial charge in [-0.15, -0.1) is 0 Å². The van der Waals surface area contributed by atoms with Crippen molar-refractivity contribution < 1.29 is 13.2 Å². The van der Waals surface area contributed by atoms with Crippen LogP contribution in [-0.2, 0) is 10.0 Å². The number of hydrogen-bond acceptors (Lipinski definition) is 5. The summed E-state index contributed by atoms with van der Waals surface area (Å²) in [7, 11) is -2.12. The molecule has 2 N–H and O–H groups in total. The molecule has 0 atom stereocenters. The molecule has 2 rings (SSSR count). The first-order valence-electron chi connectivity index (χ1n) is 7.11. The number of aromatic nitrogens is 1. The van der Waals surface area contributed by atoms with Crippen LogP contribution >= 0.6 is 0 Å². The highest BCUT2D eigenvalue weighted by molar-refractivity contribution is 7.92. The zero-order chi connectivity index (χ0) is 17.1. The van der Waals surface area contributed by atoms with Crippen LogP contribution in [0.1, 0.15) is 20.8 Å². The Morgan fingerprint density at radius 2 is 1.70 bits per heavy atom. The third-order valence-corrected chi connectivity index (χ3v) is 4.29. The minimum atomic E-state index is -3.65.